The van der Waals surface area contributed by atoms with Crippen molar-refractivity contribution < 1.29 is 33.6 Å². The van der Waals surface area contributed by atoms with Crippen LogP contribution in [0.1, 0.15) is 29.8 Å². The molecule has 0 heterocycles. The number of hydrogen-bond donors (Lipinski definition) is 1. The number of nitro groups is 2. The summed E-state index contributed by atoms with van der Waals surface area (Å²) in [6, 6.07) is 12.4. The van der Waals surface area contributed by atoms with Crippen molar-refractivity contribution in [1.82, 2.24) is 5.43 Å². The minimum absolute atomic E-state index is 0.128. The summed E-state index contributed by atoms with van der Waals surface area (Å²) in [4.78, 5) is 33.3. The Hall–Kier alpha value is -5.20. The van der Waals surface area contributed by atoms with Gasteiger partial charge in [-0.05, 0) is 61.9 Å². The van der Waals surface area contributed by atoms with Gasteiger partial charge in [0.2, 0.25) is 5.75 Å². The molecule has 38 heavy (non-hydrogen) atoms. The molecule has 0 aliphatic carbocycles. The zero-order chi connectivity index (χ0) is 27.7. The zero-order valence-electron chi connectivity index (χ0n) is 20.7. The number of nitrogens with zero attached hydrogens (tertiary/aromatic N) is 3. The lowest BCUT2D eigenvalue weighted by Crippen LogP contribution is -2.17. The molecule has 0 saturated carbocycles. The van der Waals surface area contributed by atoms with Gasteiger partial charge in [-0.15, -0.1) is 0 Å². The van der Waals surface area contributed by atoms with E-state index in [1.807, 2.05) is 13.8 Å². The fourth-order valence-corrected chi connectivity index (χ4v) is 3.24. The molecule has 0 spiro atoms. The lowest BCUT2D eigenvalue weighted by molar-refractivity contribution is -0.394. The van der Waals surface area contributed by atoms with Gasteiger partial charge in [0.15, 0.2) is 23.0 Å². The molecule has 0 fully saturated rings. The normalized spacial score (nSPS) is 10.6. The topological polar surface area (TPSA) is 165 Å². The molecule has 1 N–H and O–H groups in total. The maximum absolute atomic E-state index is 12.5. The SMILES string of the molecule is CCOc1ccc(C(=O)N/N=C/c2ccc(Oc3ccc([N+](=O)[O-])cc3[N+](=O)[O-])c(OC)c2)cc1OCC. The van der Waals surface area contributed by atoms with Gasteiger partial charge < -0.3 is 18.9 Å². The lowest BCUT2D eigenvalue weighted by atomic mass is 10.2. The average molecular weight is 524 g/mol. The van der Waals surface area contributed by atoms with E-state index in [2.05, 4.69) is 10.5 Å². The summed E-state index contributed by atoms with van der Waals surface area (Å²) in [5.74, 6) is 0.642. The molecule has 0 aliphatic rings. The minimum atomic E-state index is -0.778. The van der Waals surface area contributed by atoms with Crippen LogP contribution >= 0.6 is 0 Å². The molecule has 3 aromatic carbocycles. The highest BCUT2D eigenvalue weighted by molar-refractivity contribution is 5.95. The van der Waals surface area contributed by atoms with Gasteiger partial charge in [0.05, 0.1) is 42.5 Å². The monoisotopic (exact) mass is 524 g/mol. The Kier molecular flexibility index (Phi) is 9.13. The molecule has 0 unspecified atom stereocenters. The second kappa shape index (κ2) is 12.7. The number of nitrogens with one attached hydrogen (secondary N) is 1. The van der Waals surface area contributed by atoms with E-state index in [1.165, 1.54) is 25.5 Å². The van der Waals surface area contributed by atoms with E-state index in [9.17, 15) is 25.0 Å². The number of methoxy groups -OCH3 is 1. The van der Waals surface area contributed by atoms with Crippen molar-refractivity contribution in [2.24, 2.45) is 5.10 Å². The summed E-state index contributed by atoms with van der Waals surface area (Å²) in [7, 11) is 1.37. The Morgan fingerprint density at radius 2 is 1.55 bits per heavy atom. The summed E-state index contributed by atoms with van der Waals surface area (Å²) >= 11 is 0. The van der Waals surface area contributed by atoms with Crippen molar-refractivity contribution in [3.63, 3.8) is 0 Å². The lowest BCUT2D eigenvalue weighted by Gasteiger charge is -2.12. The third-order valence-corrected chi connectivity index (χ3v) is 4.94. The van der Waals surface area contributed by atoms with Crippen LogP contribution in [0.4, 0.5) is 11.4 Å². The van der Waals surface area contributed by atoms with Crippen molar-refractivity contribution in [2.75, 3.05) is 20.3 Å². The van der Waals surface area contributed by atoms with Gasteiger partial charge in [-0.2, -0.15) is 5.10 Å². The molecule has 3 rings (SSSR count). The third kappa shape index (κ3) is 6.72. The van der Waals surface area contributed by atoms with Crippen LogP contribution in [0.3, 0.4) is 0 Å². The van der Waals surface area contributed by atoms with Crippen LogP contribution in [-0.4, -0.2) is 42.3 Å². The summed E-state index contributed by atoms with van der Waals surface area (Å²) in [5, 5.41) is 26.3. The second-order valence-corrected chi connectivity index (χ2v) is 7.41. The van der Waals surface area contributed by atoms with E-state index in [0.29, 0.717) is 35.8 Å². The molecular formula is C25H24N4O9. The summed E-state index contributed by atoms with van der Waals surface area (Å²) in [5.41, 5.74) is 2.26. The summed E-state index contributed by atoms with van der Waals surface area (Å²) in [6.45, 7) is 4.53. The van der Waals surface area contributed by atoms with Crippen LogP contribution in [0.25, 0.3) is 0 Å². The maximum Gasteiger partial charge on any atom is 0.318 e. The highest BCUT2D eigenvalue weighted by Gasteiger charge is 2.22. The predicted molar refractivity (Wildman–Crippen MR) is 137 cm³/mol. The standard InChI is InChI=1S/C25H24N4O9/c1-4-36-21-10-7-17(13-24(21)37-5-2)25(30)27-26-15-16-6-9-22(23(12-16)35-3)38-20-11-8-18(28(31)32)14-19(20)29(33)34/h6-15H,4-5H2,1-3H3,(H,27,30)/b26-15+. The zero-order valence-corrected chi connectivity index (χ0v) is 20.7. The molecule has 0 aliphatic heterocycles. The summed E-state index contributed by atoms with van der Waals surface area (Å²) < 4.78 is 22.0. The van der Waals surface area contributed by atoms with Crippen LogP contribution < -0.4 is 24.4 Å². The van der Waals surface area contributed by atoms with Crippen LogP contribution in [0, 0.1) is 20.2 Å². The van der Waals surface area contributed by atoms with E-state index in [1.54, 1.807) is 24.3 Å². The molecule has 0 radical (unpaired) electrons. The number of hydrogen-bond acceptors (Lipinski definition) is 10. The molecular weight excluding hydrogens is 500 g/mol. The molecule has 3 aromatic rings. The number of benzene rings is 3. The second-order valence-electron chi connectivity index (χ2n) is 7.41. The van der Waals surface area contributed by atoms with E-state index in [4.69, 9.17) is 18.9 Å². The molecule has 198 valence electrons. The van der Waals surface area contributed by atoms with Crippen LogP contribution in [0.2, 0.25) is 0 Å². The van der Waals surface area contributed by atoms with Crippen LogP contribution in [0.5, 0.6) is 28.7 Å². The maximum atomic E-state index is 12.5. The van der Waals surface area contributed by atoms with Gasteiger partial charge in [0.1, 0.15) is 0 Å². The van der Waals surface area contributed by atoms with Gasteiger partial charge in [0.25, 0.3) is 11.6 Å². The number of nitro benzene ring substituents is 2. The number of rotatable bonds is 12. The number of non-ortho nitro benzene ring substituents is 1. The molecule has 0 aromatic heterocycles. The van der Waals surface area contributed by atoms with Crippen molar-refractivity contribution in [3.05, 3.63) is 86.0 Å². The Morgan fingerprint density at radius 3 is 2.21 bits per heavy atom. The van der Waals surface area contributed by atoms with Crippen molar-refractivity contribution in [1.29, 1.82) is 0 Å². The number of amides is 1. The Balaban J connectivity index is 1.75. The first kappa shape index (κ1) is 27.4. The number of carbonyl (C=O) groups excluding carboxylic acids is 1. The largest absolute Gasteiger partial charge is 0.493 e. The van der Waals surface area contributed by atoms with E-state index in [-0.39, 0.29) is 17.2 Å². The fourth-order valence-electron chi connectivity index (χ4n) is 3.24. The molecule has 0 atom stereocenters. The first-order chi connectivity index (χ1) is 18.3. The average Bonchev–Trinajstić information content (AvgIpc) is 2.90. The van der Waals surface area contributed by atoms with Crippen LogP contribution in [-0.2, 0) is 0 Å². The van der Waals surface area contributed by atoms with E-state index < -0.39 is 27.1 Å². The van der Waals surface area contributed by atoms with Gasteiger partial charge in [-0.25, -0.2) is 5.43 Å². The smallest absolute Gasteiger partial charge is 0.318 e. The minimum Gasteiger partial charge on any atom is -0.493 e. The van der Waals surface area contributed by atoms with Crippen LogP contribution in [0.15, 0.2) is 59.7 Å². The summed E-state index contributed by atoms with van der Waals surface area (Å²) in [6.07, 6.45) is 1.37. The number of hydrazone groups is 1. The first-order valence-electron chi connectivity index (χ1n) is 11.3. The fraction of sp³-hybridized carbons (Fsp3) is 0.200. The van der Waals surface area contributed by atoms with E-state index in [0.717, 1.165) is 18.2 Å². The first-order valence-corrected chi connectivity index (χ1v) is 11.3. The molecule has 0 bridgehead atoms. The molecule has 0 saturated heterocycles. The third-order valence-electron chi connectivity index (χ3n) is 4.94. The Morgan fingerprint density at radius 1 is 0.868 bits per heavy atom. The quantitative estimate of drug-likeness (QED) is 0.198. The highest BCUT2D eigenvalue weighted by Crippen LogP contribution is 2.38. The van der Waals surface area contributed by atoms with Crippen molar-refractivity contribution in [3.8, 4) is 28.7 Å². The van der Waals surface area contributed by atoms with E-state index >= 15 is 0 Å². The molecule has 13 nitrogen and oxygen atoms in total. The van der Waals surface area contributed by atoms with Crippen molar-refractivity contribution >= 4 is 23.5 Å². The van der Waals surface area contributed by atoms with Gasteiger partial charge >= 0.3 is 5.69 Å². The number of carbonyl (C=O) groups is 1. The van der Waals surface area contributed by atoms with Gasteiger partial charge in [-0.1, -0.05) is 0 Å². The van der Waals surface area contributed by atoms with Crippen molar-refractivity contribution in [2.45, 2.75) is 13.8 Å². The van der Waals surface area contributed by atoms with Gasteiger partial charge in [-0.3, -0.25) is 25.0 Å². The number of ether oxygens (including phenoxy) is 4. The highest BCUT2D eigenvalue weighted by atomic mass is 16.6. The molecule has 13 heteroatoms. The molecule has 1 amide bonds. The Labute approximate surface area is 216 Å². The predicted octanol–water partition coefficient (Wildman–Crippen LogP) is 4.87. The van der Waals surface area contributed by atoms with Gasteiger partial charge in [0, 0.05) is 11.6 Å². The Bertz CT molecular complexity index is 1370.